The molecule has 0 amide bonds. The van der Waals surface area contributed by atoms with Crippen LogP contribution in [0.5, 0.6) is 0 Å². The van der Waals surface area contributed by atoms with Crippen LogP contribution < -0.4 is 0 Å². The molecule has 5 aromatic carbocycles. The largest absolute Gasteiger partial charge is 0.500 e. The summed E-state index contributed by atoms with van der Waals surface area (Å²) < 4.78 is 84.9. The van der Waals surface area contributed by atoms with Gasteiger partial charge in [0.1, 0.15) is 5.58 Å². The normalized spacial score (nSPS) is 17.1. The molecule has 1 radical (unpaired) electrons. The van der Waals surface area contributed by atoms with Crippen molar-refractivity contribution in [1.29, 1.82) is 5.26 Å². The van der Waals surface area contributed by atoms with Gasteiger partial charge in [-0.15, -0.1) is 48.0 Å². The molecule has 8 aromatic rings. The first-order valence-corrected chi connectivity index (χ1v) is 23.1. The summed E-state index contributed by atoms with van der Waals surface area (Å²) in [5.41, 5.74) is 8.68. The maximum atomic E-state index is 12.7. The Balaban J connectivity index is 0.000000320. The monoisotopic (exact) mass is 990 g/mol. The fourth-order valence-electron chi connectivity index (χ4n) is 8.08. The van der Waals surface area contributed by atoms with Crippen molar-refractivity contribution in [3.8, 4) is 50.8 Å². The first kappa shape index (κ1) is 33.2. The zero-order valence-electron chi connectivity index (χ0n) is 41.8. The van der Waals surface area contributed by atoms with Gasteiger partial charge in [0.05, 0.1) is 25.3 Å². The SMILES string of the molecule is [2H]C([2H])([2H])c1ccc(-c2[c-]cc(F)cc2)nc1.[2H]C([2H])([2H])c1cnc(-c2[c-]ccc3c2oc2c(-c4ccccc4)c(C#N)ccc23)cc1-c1ccc(C([2H])([2H])C2CCC[Si]2(C)C)cc1C(C)C.[Ir]. The van der Waals surface area contributed by atoms with Gasteiger partial charge < -0.3 is 14.4 Å². The van der Waals surface area contributed by atoms with E-state index in [1.807, 2.05) is 78.9 Å². The summed E-state index contributed by atoms with van der Waals surface area (Å²) in [4.78, 5) is 8.71. The van der Waals surface area contributed by atoms with E-state index >= 15 is 0 Å². The molecule has 1 atom stereocenters. The molecule has 303 valence electrons. The average molecular weight is 990 g/mol. The minimum Gasteiger partial charge on any atom is -0.500 e. The summed E-state index contributed by atoms with van der Waals surface area (Å²) in [5, 5.41) is 11.7. The standard InChI is InChI=1S/C41H39N2OSi.C12H9FN.Ir/c1-26(2)36-22-28(21-31-13-10-20-45(31,4)5)16-18-32(36)37-23-38(43-25-27(37)3)35-15-9-14-33-34-19-17-30(24-42)39(41(34)44-40(33)35)29-11-7-6-8-12-29;1-9-2-7-12(14-8-9)10-3-5-11(13)6-4-10;/h6-9,11-12,14,16-19,22-23,25-26,31H,10,13,20-21H2,1-5H3;2-3,5-8H,1H3;/q2*-1;/i3D3,21D2;1D3;. The Morgan fingerprint density at radius 1 is 0.900 bits per heavy atom. The number of aryl methyl sites for hydroxylation is 2. The predicted molar refractivity (Wildman–Crippen MR) is 242 cm³/mol. The molecule has 0 spiro atoms. The number of halogens is 1. The minimum atomic E-state index is -2.44. The molecule has 3 aromatic heterocycles. The number of fused-ring (bicyclic) bond motifs is 3. The van der Waals surface area contributed by atoms with Crippen LogP contribution in [-0.2, 0) is 26.5 Å². The van der Waals surface area contributed by atoms with Crippen molar-refractivity contribution < 1.29 is 39.9 Å². The molecule has 1 unspecified atom stereocenters. The van der Waals surface area contributed by atoms with E-state index < -0.39 is 28.2 Å². The van der Waals surface area contributed by atoms with Crippen LogP contribution in [0, 0.1) is 43.0 Å². The molecule has 7 heteroatoms. The Morgan fingerprint density at radius 3 is 2.40 bits per heavy atom. The van der Waals surface area contributed by atoms with Gasteiger partial charge in [-0.1, -0.05) is 130 Å². The topological polar surface area (TPSA) is 62.7 Å². The second kappa shape index (κ2) is 18.0. The number of hydrogen-bond donors (Lipinski definition) is 0. The molecule has 0 aliphatic carbocycles. The van der Waals surface area contributed by atoms with Crippen LogP contribution in [0.4, 0.5) is 4.39 Å². The van der Waals surface area contributed by atoms with E-state index in [-0.39, 0.29) is 48.5 Å². The number of pyridine rings is 2. The number of aromatic nitrogens is 2. The van der Waals surface area contributed by atoms with Gasteiger partial charge in [0.25, 0.3) is 0 Å². The van der Waals surface area contributed by atoms with Crippen LogP contribution >= 0.6 is 0 Å². The summed E-state index contributed by atoms with van der Waals surface area (Å²) in [7, 11) is -1.74. The maximum absolute atomic E-state index is 12.7. The molecular formula is C53H48FIrN3OSi-2. The first-order valence-electron chi connectivity index (χ1n) is 23.8. The van der Waals surface area contributed by atoms with Crippen LogP contribution in [0.1, 0.15) is 71.4 Å². The van der Waals surface area contributed by atoms with Crippen molar-refractivity contribution in [2.45, 2.75) is 77.4 Å². The summed E-state index contributed by atoms with van der Waals surface area (Å²) in [6.45, 7) is 4.13. The van der Waals surface area contributed by atoms with Gasteiger partial charge in [-0.3, -0.25) is 4.39 Å². The molecule has 9 rings (SSSR count). The van der Waals surface area contributed by atoms with Gasteiger partial charge in [0.15, 0.2) is 0 Å². The van der Waals surface area contributed by atoms with Gasteiger partial charge >= 0.3 is 0 Å². The van der Waals surface area contributed by atoms with Crippen LogP contribution in [0.25, 0.3) is 66.7 Å². The summed E-state index contributed by atoms with van der Waals surface area (Å²) in [5.74, 6) is -0.361. The quantitative estimate of drug-likeness (QED) is 0.118. The summed E-state index contributed by atoms with van der Waals surface area (Å²) >= 11 is 0. The Kier molecular flexibility index (Phi) is 9.97. The number of hydrogen-bond acceptors (Lipinski definition) is 4. The van der Waals surface area contributed by atoms with Crippen molar-refractivity contribution in [3.05, 3.63) is 167 Å². The Bertz CT molecular complexity index is 3150. The van der Waals surface area contributed by atoms with Crippen molar-refractivity contribution in [2.75, 3.05) is 0 Å². The van der Waals surface area contributed by atoms with Crippen molar-refractivity contribution in [3.63, 3.8) is 0 Å². The van der Waals surface area contributed by atoms with E-state index in [1.165, 1.54) is 30.6 Å². The van der Waals surface area contributed by atoms with E-state index in [9.17, 15) is 12.4 Å². The van der Waals surface area contributed by atoms with E-state index in [0.29, 0.717) is 55.9 Å². The second-order valence-corrected chi connectivity index (χ2v) is 21.2. The molecule has 1 aliphatic rings. The minimum absolute atomic E-state index is 0. The fourth-order valence-corrected chi connectivity index (χ4v) is 11.1. The molecule has 1 saturated heterocycles. The molecule has 4 heterocycles. The number of nitriles is 1. The average Bonchev–Trinajstić information content (AvgIpc) is 3.88. The summed E-state index contributed by atoms with van der Waals surface area (Å²) in [6, 6.07) is 41.3. The first-order chi connectivity index (χ1) is 31.7. The molecule has 4 nitrogen and oxygen atoms in total. The molecule has 0 bridgehead atoms. The van der Waals surface area contributed by atoms with Crippen LogP contribution in [-0.4, -0.2) is 18.0 Å². The zero-order valence-corrected chi connectivity index (χ0v) is 37.2. The molecular weight excluding hydrogens is 934 g/mol. The van der Waals surface area contributed by atoms with Crippen LogP contribution in [0.2, 0.25) is 24.7 Å². The Hall–Kier alpha value is -5.51. The second-order valence-electron chi connectivity index (χ2n) is 16.0. The fraction of sp³-hybridized carbons (Fsp3) is 0.226. The molecule has 1 fully saturated rings. The van der Waals surface area contributed by atoms with Crippen LogP contribution in [0.15, 0.2) is 126 Å². The third-order valence-electron chi connectivity index (χ3n) is 11.3. The van der Waals surface area contributed by atoms with Gasteiger partial charge in [0.2, 0.25) is 0 Å². The van der Waals surface area contributed by atoms with Gasteiger partial charge in [-0.05, 0) is 87.9 Å². The Morgan fingerprint density at radius 2 is 1.72 bits per heavy atom. The van der Waals surface area contributed by atoms with Gasteiger partial charge in [-0.2, -0.15) is 5.26 Å². The zero-order chi connectivity index (χ0) is 48.1. The molecule has 0 N–H and O–H groups in total. The van der Waals surface area contributed by atoms with Crippen LogP contribution in [0.3, 0.4) is 0 Å². The molecule has 60 heavy (non-hydrogen) atoms. The van der Waals surface area contributed by atoms with E-state index in [0.717, 1.165) is 46.3 Å². The predicted octanol–water partition coefficient (Wildman–Crippen LogP) is 14.5. The van der Waals surface area contributed by atoms with Crippen molar-refractivity contribution in [1.82, 2.24) is 9.97 Å². The molecule has 1 aliphatic heterocycles. The smallest absolute Gasteiger partial charge is 0.130 e. The number of nitrogens with zero attached hydrogens (tertiary/aromatic N) is 3. The third-order valence-corrected chi connectivity index (χ3v) is 15.3. The Labute approximate surface area is 379 Å². The van der Waals surface area contributed by atoms with Gasteiger partial charge in [0, 0.05) is 60.2 Å². The van der Waals surface area contributed by atoms with Crippen molar-refractivity contribution in [2.24, 2.45) is 0 Å². The maximum Gasteiger partial charge on any atom is 0.130 e. The van der Waals surface area contributed by atoms with Crippen molar-refractivity contribution >= 4 is 30.0 Å². The summed E-state index contributed by atoms with van der Waals surface area (Å²) in [6.07, 6.45) is 3.24. The molecule has 0 saturated carbocycles. The van der Waals surface area contributed by atoms with E-state index in [4.69, 9.17) is 12.6 Å². The van der Waals surface area contributed by atoms with E-state index in [2.05, 4.69) is 55.1 Å². The third kappa shape index (κ3) is 8.70. The van der Waals surface area contributed by atoms with Gasteiger partial charge in [-0.25, -0.2) is 0 Å². The van der Waals surface area contributed by atoms with E-state index in [1.54, 1.807) is 12.1 Å². The number of furan rings is 1. The number of rotatable bonds is 7. The number of benzene rings is 5.